The first-order valence-corrected chi connectivity index (χ1v) is 8.68. The van der Waals surface area contributed by atoms with Gasteiger partial charge in [-0.15, -0.1) is 0 Å². The minimum atomic E-state index is -4.09. The Morgan fingerprint density at radius 3 is 2.67 bits per heavy atom. The minimum Gasteiger partial charge on any atom is -0.324 e. The van der Waals surface area contributed by atoms with Crippen LogP contribution in [0.1, 0.15) is 0 Å². The largest absolute Gasteiger partial charge is 0.336 e. The molecular formula is C15H12ClN3O4S. The number of sulfonamides is 1. The summed E-state index contributed by atoms with van der Waals surface area (Å²) in [5.41, 5.74) is 0.594. The van der Waals surface area contributed by atoms with E-state index in [4.69, 9.17) is 11.6 Å². The number of fused-ring (bicyclic) bond motifs is 1. The highest BCUT2D eigenvalue weighted by Crippen LogP contribution is 2.29. The molecule has 9 heteroatoms. The monoisotopic (exact) mass is 365 g/mol. The third-order valence-corrected chi connectivity index (χ3v) is 5.34. The van der Waals surface area contributed by atoms with Crippen LogP contribution in [0.4, 0.5) is 16.2 Å². The lowest BCUT2D eigenvalue weighted by molar-refractivity contribution is -0.116. The van der Waals surface area contributed by atoms with Crippen LogP contribution in [0.3, 0.4) is 0 Å². The Labute approximate surface area is 143 Å². The van der Waals surface area contributed by atoms with Crippen molar-refractivity contribution in [2.24, 2.45) is 0 Å². The predicted molar refractivity (Wildman–Crippen MR) is 89.4 cm³/mol. The van der Waals surface area contributed by atoms with E-state index >= 15 is 0 Å². The molecule has 1 aliphatic rings. The highest BCUT2D eigenvalue weighted by Gasteiger charge is 2.37. The molecule has 0 spiro atoms. The second-order valence-corrected chi connectivity index (χ2v) is 7.26. The van der Waals surface area contributed by atoms with Gasteiger partial charge in [0, 0.05) is 10.7 Å². The molecule has 0 bridgehead atoms. The van der Waals surface area contributed by atoms with Crippen LogP contribution < -0.4 is 10.6 Å². The summed E-state index contributed by atoms with van der Waals surface area (Å²) in [6.45, 7) is -0.644. The lowest BCUT2D eigenvalue weighted by atomic mass is 10.3. The first kappa shape index (κ1) is 16.3. The molecular weight excluding hydrogens is 354 g/mol. The molecule has 3 amide bonds. The quantitative estimate of drug-likeness (QED) is 0.873. The third-order valence-electron chi connectivity index (χ3n) is 3.32. The van der Waals surface area contributed by atoms with Gasteiger partial charge < -0.3 is 10.6 Å². The van der Waals surface area contributed by atoms with E-state index < -0.39 is 28.5 Å². The molecule has 0 fully saturated rings. The average molecular weight is 366 g/mol. The van der Waals surface area contributed by atoms with Crippen molar-refractivity contribution in [1.82, 2.24) is 4.31 Å². The van der Waals surface area contributed by atoms with Gasteiger partial charge in [0.25, 0.3) is 10.0 Å². The molecule has 2 aromatic rings. The van der Waals surface area contributed by atoms with Crippen molar-refractivity contribution in [3.63, 3.8) is 0 Å². The number of nitrogens with one attached hydrogen (secondary N) is 2. The Bertz CT molecular complexity index is 930. The van der Waals surface area contributed by atoms with Gasteiger partial charge in [0.1, 0.15) is 11.4 Å². The fraction of sp³-hybridized carbons (Fsp3) is 0.0667. The van der Waals surface area contributed by atoms with Crippen molar-refractivity contribution in [1.29, 1.82) is 0 Å². The standard InChI is InChI=1S/C15H12ClN3O4S/c16-10-4-3-5-11(8-10)17-14(20)9-19-15(21)18-12-6-1-2-7-13(12)24(19,22)23/h1-8H,9H2,(H,17,20)(H,18,21). The molecule has 0 saturated carbocycles. The summed E-state index contributed by atoms with van der Waals surface area (Å²) in [5, 5.41) is 5.37. The van der Waals surface area contributed by atoms with E-state index in [9.17, 15) is 18.0 Å². The highest BCUT2D eigenvalue weighted by atomic mass is 35.5. The van der Waals surface area contributed by atoms with Crippen LogP contribution in [-0.4, -0.2) is 31.2 Å². The van der Waals surface area contributed by atoms with Crippen molar-refractivity contribution >= 4 is 44.9 Å². The fourth-order valence-corrected chi connectivity index (χ4v) is 3.88. The van der Waals surface area contributed by atoms with Crippen molar-refractivity contribution in [2.45, 2.75) is 4.90 Å². The summed E-state index contributed by atoms with van der Waals surface area (Å²) >= 11 is 5.82. The second kappa shape index (κ2) is 6.14. The Balaban J connectivity index is 1.82. The summed E-state index contributed by atoms with van der Waals surface area (Å²) in [4.78, 5) is 24.1. The van der Waals surface area contributed by atoms with Crippen LogP contribution in [0.2, 0.25) is 5.02 Å². The molecule has 0 atom stereocenters. The van der Waals surface area contributed by atoms with Crippen LogP contribution in [0.5, 0.6) is 0 Å². The van der Waals surface area contributed by atoms with Crippen LogP contribution in [0, 0.1) is 0 Å². The minimum absolute atomic E-state index is 0.0554. The van der Waals surface area contributed by atoms with Crippen molar-refractivity contribution in [3.05, 3.63) is 53.6 Å². The molecule has 2 aromatic carbocycles. The Hall–Kier alpha value is -2.58. The topological polar surface area (TPSA) is 95.6 Å². The Morgan fingerprint density at radius 1 is 1.17 bits per heavy atom. The number of urea groups is 1. The maximum atomic E-state index is 12.5. The highest BCUT2D eigenvalue weighted by molar-refractivity contribution is 7.90. The number of hydrogen-bond acceptors (Lipinski definition) is 4. The van der Waals surface area contributed by atoms with Gasteiger partial charge >= 0.3 is 6.03 Å². The summed E-state index contributed by atoms with van der Waals surface area (Å²) < 4.78 is 25.5. The summed E-state index contributed by atoms with van der Waals surface area (Å²) in [6.07, 6.45) is 0. The van der Waals surface area contributed by atoms with E-state index in [0.717, 1.165) is 0 Å². The van der Waals surface area contributed by atoms with Gasteiger partial charge in [-0.2, -0.15) is 0 Å². The Kier molecular flexibility index (Phi) is 4.16. The Morgan fingerprint density at radius 2 is 1.92 bits per heavy atom. The number of halogens is 1. The van der Waals surface area contributed by atoms with Crippen molar-refractivity contribution < 1.29 is 18.0 Å². The fourth-order valence-electron chi connectivity index (χ4n) is 2.25. The molecule has 3 rings (SSSR count). The smallest absolute Gasteiger partial charge is 0.324 e. The first-order valence-electron chi connectivity index (χ1n) is 6.86. The number of amides is 3. The summed E-state index contributed by atoms with van der Waals surface area (Å²) in [7, 11) is -4.09. The summed E-state index contributed by atoms with van der Waals surface area (Å²) in [5.74, 6) is -0.657. The molecule has 2 N–H and O–H groups in total. The molecule has 1 heterocycles. The van der Waals surface area contributed by atoms with Gasteiger partial charge in [-0.05, 0) is 30.3 Å². The van der Waals surface area contributed by atoms with Gasteiger partial charge in [0.2, 0.25) is 5.91 Å². The molecule has 0 unspecified atom stereocenters. The molecule has 7 nitrogen and oxygen atoms in total. The zero-order chi connectivity index (χ0) is 17.3. The number of carbonyl (C=O) groups is 2. The molecule has 0 aromatic heterocycles. The maximum Gasteiger partial charge on any atom is 0.336 e. The van der Waals surface area contributed by atoms with E-state index in [2.05, 4.69) is 10.6 Å². The summed E-state index contributed by atoms with van der Waals surface area (Å²) in [6, 6.07) is 11.5. The molecule has 24 heavy (non-hydrogen) atoms. The number of carbonyl (C=O) groups excluding carboxylic acids is 2. The zero-order valence-electron chi connectivity index (χ0n) is 12.2. The zero-order valence-corrected chi connectivity index (χ0v) is 13.8. The number of hydrogen-bond donors (Lipinski definition) is 2. The second-order valence-electron chi connectivity index (χ2n) is 5.00. The molecule has 0 radical (unpaired) electrons. The van der Waals surface area contributed by atoms with Crippen molar-refractivity contribution in [3.8, 4) is 0 Å². The lowest BCUT2D eigenvalue weighted by Gasteiger charge is -2.28. The van der Waals surface area contributed by atoms with Crippen LogP contribution in [0.25, 0.3) is 0 Å². The van der Waals surface area contributed by atoms with Crippen LogP contribution in [0.15, 0.2) is 53.4 Å². The normalized spacial score (nSPS) is 15.4. The number of para-hydroxylation sites is 1. The van der Waals surface area contributed by atoms with Gasteiger partial charge in [0.15, 0.2) is 0 Å². The number of anilines is 2. The predicted octanol–water partition coefficient (Wildman–Crippen LogP) is 2.51. The van der Waals surface area contributed by atoms with Gasteiger partial charge in [-0.25, -0.2) is 17.5 Å². The van der Waals surface area contributed by atoms with Crippen LogP contribution in [-0.2, 0) is 14.8 Å². The first-order chi connectivity index (χ1) is 11.4. The van der Waals surface area contributed by atoms with Gasteiger partial charge in [-0.1, -0.05) is 29.8 Å². The molecule has 0 saturated heterocycles. The molecule has 0 aliphatic carbocycles. The van der Waals surface area contributed by atoms with Crippen molar-refractivity contribution in [2.75, 3.05) is 17.2 Å². The van der Waals surface area contributed by atoms with E-state index in [-0.39, 0.29) is 10.6 Å². The number of nitrogens with zero attached hydrogens (tertiary/aromatic N) is 1. The molecule has 1 aliphatic heterocycles. The lowest BCUT2D eigenvalue weighted by Crippen LogP contribution is -2.47. The molecule has 124 valence electrons. The van der Waals surface area contributed by atoms with Gasteiger partial charge in [0.05, 0.1) is 5.69 Å². The van der Waals surface area contributed by atoms with Crippen LogP contribution >= 0.6 is 11.6 Å². The third kappa shape index (κ3) is 3.06. The van der Waals surface area contributed by atoms with E-state index in [1.165, 1.54) is 24.3 Å². The van der Waals surface area contributed by atoms with Gasteiger partial charge in [-0.3, -0.25) is 4.79 Å². The van der Waals surface area contributed by atoms with E-state index in [0.29, 0.717) is 15.0 Å². The number of rotatable bonds is 3. The maximum absolute atomic E-state index is 12.5. The SMILES string of the molecule is O=C(CN1C(=O)Nc2ccccc2S1(=O)=O)Nc1cccc(Cl)c1. The number of benzene rings is 2. The van der Waals surface area contributed by atoms with E-state index in [1.54, 1.807) is 24.3 Å². The average Bonchev–Trinajstić information content (AvgIpc) is 2.51. The van der Waals surface area contributed by atoms with E-state index in [1.807, 2.05) is 0 Å².